The predicted molar refractivity (Wildman–Crippen MR) is 118 cm³/mol. The van der Waals surface area contributed by atoms with E-state index in [0.29, 0.717) is 12.8 Å². The van der Waals surface area contributed by atoms with E-state index in [-0.39, 0.29) is 29.0 Å². The highest BCUT2D eigenvalue weighted by atomic mass is 32.2. The zero-order valence-electron chi connectivity index (χ0n) is 18.1. The minimum Gasteiger partial charge on any atom is -0.468 e. The molecule has 1 aliphatic heterocycles. The Morgan fingerprint density at radius 2 is 1.87 bits per heavy atom. The maximum Gasteiger partial charge on any atom is 0.325 e. The molecule has 8 heteroatoms. The topological polar surface area (TPSA) is 92.8 Å². The number of carbonyl (C=O) groups excluding carboxylic acids is 4. The Balaban J connectivity index is 1.75. The van der Waals surface area contributed by atoms with Crippen LogP contribution in [0.1, 0.15) is 51.0 Å². The second kappa shape index (κ2) is 10.3. The molecule has 1 aromatic carbocycles. The summed E-state index contributed by atoms with van der Waals surface area (Å²) in [6.07, 6.45) is 5.28. The first-order valence-electron chi connectivity index (χ1n) is 10.7. The fourth-order valence-electron chi connectivity index (χ4n) is 4.47. The summed E-state index contributed by atoms with van der Waals surface area (Å²) in [4.78, 5) is 51.8. The van der Waals surface area contributed by atoms with Crippen molar-refractivity contribution >= 4 is 34.7 Å². The van der Waals surface area contributed by atoms with Gasteiger partial charge in [0.2, 0.25) is 11.8 Å². The summed E-state index contributed by atoms with van der Waals surface area (Å²) in [6.45, 7) is 1.34. The van der Waals surface area contributed by atoms with E-state index in [1.165, 1.54) is 14.0 Å². The Labute approximate surface area is 187 Å². The zero-order valence-corrected chi connectivity index (χ0v) is 18.9. The number of hydrogen-bond acceptors (Lipinski definition) is 6. The summed E-state index contributed by atoms with van der Waals surface area (Å²) in [6, 6.07) is 8.79. The van der Waals surface area contributed by atoms with Crippen LogP contribution < -0.4 is 5.32 Å². The van der Waals surface area contributed by atoms with Crippen molar-refractivity contribution in [1.29, 1.82) is 0 Å². The fourth-order valence-corrected chi connectivity index (χ4v) is 5.33. The van der Waals surface area contributed by atoms with Gasteiger partial charge in [0.15, 0.2) is 5.12 Å². The zero-order chi connectivity index (χ0) is 22.4. The molecule has 3 rings (SSSR count). The van der Waals surface area contributed by atoms with Crippen molar-refractivity contribution < 1.29 is 23.9 Å². The van der Waals surface area contributed by atoms with Crippen molar-refractivity contribution in [2.75, 3.05) is 13.7 Å². The summed E-state index contributed by atoms with van der Waals surface area (Å²) < 4.78 is 4.81. The van der Waals surface area contributed by atoms with Crippen LogP contribution in [0.3, 0.4) is 0 Å². The van der Waals surface area contributed by atoms with Crippen LogP contribution in [-0.4, -0.2) is 58.3 Å². The van der Waals surface area contributed by atoms with Crippen LogP contribution in [0.5, 0.6) is 0 Å². The molecular weight excluding hydrogens is 416 g/mol. The lowest BCUT2D eigenvalue weighted by Crippen LogP contribution is -2.60. The van der Waals surface area contributed by atoms with E-state index in [2.05, 4.69) is 5.32 Å². The molecule has 1 heterocycles. The minimum absolute atomic E-state index is 0.0999. The summed E-state index contributed by atoms with van der Waals surface area (Å²) >= 11 is 0.978. The van der Waals surface area contributed by atoms with Crippen LogP contribution in [0.25, 0.3) is 0 Å². The van der Waals surface area contributed by atoms with Gasteiger partial charge in [-0.05, 0) is 50.5 Å². The van der Waals surface area contributed by atoms with Gasteiger partial charge in [-0.1, -0.05) is 42.1 Å². The molecule has 1 aliphatic carbocycles. The van der Waals surface area contributed by atoms with Crippen LogP contribution in [0.4, 0.5) is 0 Å². The Morgan fingerprint density at radius 1 is 1.19 bits per heavy atom. The minimum atomic E-state index is -0.706. The van der Waals surface area contributed by atoms with Crippen LogP contribution >= 0.6 is 11.8 Å². The van der Waals surface area contributed by atoms with Gasteiger partial charge in [0.05, 0.1) is 12.4 Å². The van der Waals surface area contributed by atoms with E-state index >= 15 is 0 Å². The molecule has 1 aromatic rings. The third-order valence-electron chi connectivity index (χ3n) is 6.25. The van der Waals surface area contributed by atoms with E-state index in [9.17, 15) is 19.2 Å². The average Bonchev–Trinajstić information content (AvgIpc) is 2.85. The molecule has 168 valence electrons. The lowest BCUT2D eigenvalue weighted by molar-refractivity contribution is -0.155. The second-order valence-corrected chi connectivity index (χ2v) is 9.70. The Morgan fingerprint density at radius 3 is 2.45 bits per heavy atom. The van der Waals surface area contributed by atoms with Gasteiger partial charge < -0.3 is 15.0 Å². The van der Waals surface area contributed by atoms with Gasteiger partial charge in [0.1, 0.15) is 12.6 Å². The lowest BCUT2D eigenvalue weighted by atomic mass is 9.72. The molecule has 0 radical (unpaired) electrons. The number of nitrogens with zero attached hydrogens (tertiary/aromatic N) is 1. The van der Waals surface area contributed by atoms with Gasteiger partial charge in [0.25, 0.3) is 0 Å². The monoisotopic (exact) mass is 446 g/mol. The van der Waals surface area contributed by atoms with E-state index in [4.69, 9.17) is 4.74 Å². The van der Waals surface area contributed by atoms with Gasteiger partial charge >= 0.3 is 5.97 Å². The van der Waals surface area contributed by atoms with E-state index in [0.717, 1.165) is 49.4 Å². The molecule has 1 saturated carbocycles. The number of rotatable bonds is 7. The summed E-state index contributed by atoms with van der Waals surface area (Å²) in [5, 5.41) is 2.11. The third kappa shape index (κ3) is 5.67. The molecule has 1 saturated heterocycles. The number of carbonyl (C=O) groups is 4. The molecule has 0 aromatic heterocycles. The summed E-state index contributed by atoms with van der Waals surface area (Å²) in [5.41, 5.74) is 0.645. The largest absolute Gasteiger partial charge is 0.468 e. The summed E-state index contributed by atoms with van der Waals surface area (Å²) in [5.74, 6) is -1.02. The number of ether oxygens (including phenoxy) is 1. The quantitative estimate of drug-likeness (QED) is 0.647. The van der Waals surface area contributed by atoms with E-state index in [1.54, 1.807) is 4.90 Å². The number of thioether (sulfide) groups is 1. The van der Waals surface area contributed by atoms with Gasteiger partial charge in [0, 0.05) is 12.5 Å². The first-order chi connectivity index (χ1) is 14.8. The maximum absolute atomic E-state index is 13.4. The number of nitrogens with one attached hydrogen (secondary N) is 1. The first-order valence-corrected chi connectivity index (χ1v) is 11.6. The lowest BCUT2D eigenvalue weighted by Gasteiger charge is -2.49. The molecule has 7 nitrogen and oxygen atoms in total. The third-order valence-corrected chi connectivity index (χ3v) is 7.25. The standard InChI is InChI=1S/C23H30N2O5S/c1-16(26)31-19(14-17-8-4-3-5-9-17)21(28)24-18-10-6-11-23(12-7-13-23)25(22(18)29)15-20(27)30-2/h3-5,8-9,18-19H,6-7,10-15H2,1-2H3,(H,24,28)/t18?,19-/m0/s1. The van der Waals surface area contributed by atoms with Crippen LogP contribution in [-0.2, 0) is 30.3 Å². The Hall–Kier alpha value is -2.35. The van der Waals surface area contributed by atoms with Crippen molar-refractivity contribution in [3.63, 3.8) is 0 Å². The number of benzene rings is 1. The SMILES string of the molecule is COC(=O)CN1C(=O)C(NC(=O)[C@H](Cc2ccccc2)SC(C)=O)CCCC12CCC2. The van der Waals surface area contributed by atoms with Crippen molar-refractivity contribution in [2.45, 2.75) is 68.7 Å². The van der Waals surface area contributed by atoms with Gasteiger partial charge in [-0.15, -0.1) is 0 Å². The molecule has 2 fully saturated rings. The summed E-state index contributed by atoms with van der Waals surface area (Å²) in [7, 11) is 1.31. The molecule has 0 bridgehead atoms. The van der Waals surface area contributed by atoms with Crippen molar-refractivity contribution in [3.8, 4) is 0 Å². The van der Waals surface area contributed by atoms with Gasteiger partial charge in [-0.2, -0.15) is 0 Å². The second-order valence-electron chi connectivity index (χ2n) is 8.32. The van der Waals surface area contributed by atoms with Crippen LogP contribution in [0.2, 0.25) is 0 Å². The first kappa shape index (κ1) is 23.3. The molecule has 2 amide bonds. The highest BCUT2D eigenvalue weighted by molar-refractivity contribution is 8.14. The van der Waals surface area contributed by atoms with Gasteiger partial charge in [-0.25, -0.2) is 0 Å². The van der Waals surface area contributed by atoms with Crippen LogP contribution in [0, 0.1) is 0 Å². The number of amides is 2. The van der Waals surface area contributed by atoms with E-state index < -0.39 is 17.3 Å². The number of esters is 1. The van der Waals surface area contributed by atoms with E-state index in [1.807, 2.05) is 30.3 Å². The van der Waals surface area contributed by atoms with Crippen molar-refractivity contribution in [3.05, 3.63) is 35.9 Å². The van der Waals surface area contributed by atoms with Crippen molar-refractivity contribution in [1.82, 2.24) is 10.2 Å². The molecule has 1 unspecified atom stereocenters. The smallest absolute Gasteiger partial charge is 0.325 e. The van der Waals surface area contributed by atoms with Crippen LogP contribution in [0.15, 0.2) is 30.3 Å². The molecule has 1 spiro atoms. The average molecular weight is 447 g/mol. The maximum atomic E-state index is 13.4. The normalized spacial score (nSPS) is 21.0. The van der Waals surface area contributed by atoms with Gasteiger partial charge in [-0.3, -0.25) is 19.2 Å². The van der Waals surface area contributed by atoms with Crippen molar-refractivity contribution in [2.24, 2.45) is 0 Å². The molecule has 2 atom stereocenters. The number of hydrogen-bond donors (Lipinski definition) is 1. The highest BCUT2D eigenvalue weighted by Gasteiger charge is 2.48. The number of methoxy groups -OCH3 is 1. The molecule has 31 heavy (non-hydrogen) atoms. The predicted octanol–water partition coefficient (Wildman–Crippen LogP) is 2.47. The number of likely N-dealkylation sites (tertiary alicyclic amines) is 1. The Kier molecular flexibility index (Phi) is 7.75. The highest BCUT2D eigenvalue weighted by Crippen LogP contribution is 2.44. The fraction of sp³-hybridized carbons (Fsp3) is 0.565. The molecular formula is C23H30N2O5S. The molecule has 2 aliphatic rings. The molecule has 1 N–H and O–H groups in total. The Bertz CT molecular complexity index is 825.